The van der Waals surface area contributed by atoms with E-state index in [4.69, 9.17) is 9.05 Å². The van der Waals surface area contributed by atoms with E-state index in [2.05, 4.69) is 43.5 Å². The Hall–Kier alpha value is -1.28. The van der Waals surface area contributed by atoms with Gasteiger partial charge in [0.25, 0.3) is 7.82 Å². The molecule has 61 heavy (non-hydrogen) atoms. The molecule has 360 valence electrons. The van der Waals surface area contributed by atoms with E-state index in [1.807, 2.05) is 27.2 Å². The van der Waals surface area contributed by atoms with Crippen LogP contribution in [0.15, 0.2) is 36.5 Å². The minimum Gasteiger partial charge on any atom is -0.756 e. The van der Waals surface area contributed by atoms with Gasteiger partial charge >= 0.3 is 0 Å². The van der Waals surface area contributed by atoms with Crippen molar-refractivity contribution in [3.05, 3.63) is 36.5 Å². The van der Waals surface area contributed by atoms with Crippen molar-refractivity contribution in [2.24, 2.45) is 0 Å². The van der Waals surface area contributed by atoms with Crippen LogP contribution in [0.2, 0.25) is 0 Å². The van der Waals surface area contributed by atoms with Crippen LogP contribution in [0.5, 0.6) is 0 Å². The molecule has 0 aliphatic heterocycles. The number of hydrogen-bond acceptors (Lipinski definition) is 6. The topological polar surface area (TPSA) is 108 Å². The number of amides is 1. The van der Waals surface area contributed by atoms with Crippen molar-refractivity contribution in [2.45, 2.75) is 251 Å². The van der Waals surface area contributed by atoms with Crippen molar-refractivity contribution in [3.63, 3.8) is 0 Å². The van der Waals surface area contributed by atoms with Gasteiger partial charge in [-0.1, -0.05) is 224 Å². The van der Waals surface area contributed by atoms with Crippen molar-refractivity contribution in [1.82, 2.24) is 5.32 Å². The maximum atomic E-state index is 12.9. The highest BCUT2D eigenvalue weighted by Crippen LogP contribution is 2.38. The molecule has 2 N–H and O–H groups in total. The maximum absolute atomic E-state index is 12.9. The van der Waals surface area contributed by atoms with Crippen molar-refractivity contribution < 1.29 is 32.9 Å². The summed E-state index contributed by atoms with van der Waals surface area (Å²) in [5.74, 6) is -0.210. The van der Waals surface area contributed by atoms with Crippen LogP contribution in [-0.2, 0) is 18.4 Å². The number of unbranched alkanes of at least 4 members (excludes halogenated alkanes) is 30. The Morgan fingerprint density at radius 3 is 1.33 bits per heavy atom. The van der Waals surface area contributed by atoms with Crippen LogP contribution >= 0.6 is 7.82 Å². The summed E-state index contributed by atoms with van der Waals surface area (Å²) in [4.78, 5) is 25.4. The largest absolute Gasteiger partial charge is 0.756 e. The van der Waals surface area contributed by atoms with E-state index >= 15 is 0 Å². The molecule has 8 nitrogen and oxygen atoms in total. The monoisotopic (exact) mass is 881 g/mol. The van der Waals surface area contributed by atoms with Crippen LogP contribution in [0, 0.1) is 0 Å². The molecule has 0 aromatic rings. The first-order chi connectivity index (χ1) is 29.5. The molecule has 0 saturated carbocycles. The van der Waals surface area contributed by atoms with Gasteiger partial charge in [0.1, 0.15) is 13.2 Å². The van der Waals surface area contributed by atoms with Crippen molar-refractivity contribution >= 4 is 13.7 Å². The number of nitrogens with one attached hydrogen (secondary N) is 1. The van der Waals surface area contributed by atoms with Crippen molar-refractivity contribution in [2.75, 3.05) is 40.9 Å². The molecule has 0 fully saturated rings. The molecule has 3 atom stereocenters. The van der Waals surface area contributed by atoms with E-state index < -0.39 is 26.6 Å². The number of phosphoric ester groups is 1. The summed E-state index contributed by atoms with van der Waals surface area (Å²) in [5.41, 5.74) is 0. The zero-order chi connectivity index (χ0) is 45.0. The fourth-order valence-corrected chi connectivity index (χ4v) is 8.20. The number of likely N-dealkylation sites (N-methyl/N-ethyl adjacent to an activating group) is 1. The molecule has 0 heterocycles. The third-order valence-electron chi connectivity index (χ3n) is 11.6. The molecule has 0 aromatic carbocycles. The second-order valence-corrected chi connectivity index (χ2v) is 20.3. The van der Waals surface area contributed by atoms with Gasteiger partial charge < -0.3 is 28.8 Å². The molecule has 0 saturated heterocycles. The number of aliphatic hydroxyl groups excluding tert-OH is 1. The summed E-state index contributed by atoms with van der Waals surface area (Å²) in [7, 11) is 1.24. The van der Waals surface area contributed by atoms with Gasteiger partial charge in [0.2, 0.25) is 5.91 Å². The molecule has 0 aromatic heterocycles. The molecule has 1 amide bonds. The summed E-state index contributed by atoms with van der Waals surface area (Å²) in [6.07, 6.45) is 55.0. The molecule has 3 unspecified atom stereocenters. The fraction of sp³-hybridized carbons (Fsp3) is 0.865. The van der Waals surface area contributed by atoms with Gasteiger partial charge in [-0.3, -0.25) is 9.36 Å². The first-order valence-electron chi connectivity index (χ1n) is 25.9. The molecule has 0 spiro atoms. The zero-order valence-electron chi connectivity index (χ0n) is 40.9. The number of phosphoric acid groups is 1. The van der Waals surface area contributed by atoms with E-state index in [0.717, 1.165) is 44.9 Å². The van der Waals surface area contributed by atoms with Crippen molar-refractivity contribution in [1.29, 1.82) is 0 Å². The molecule has 0 rings (SSSR count). The van der Waals surface area contributed by atoms with E-state index in [-0.39, 0.29) is 12.5 Å². The molecule has 0 aliphatic carbocycles. The molecule has 9 heteroatoms. The number of carbonyl (C=O) groups is 1. The van der Waals surface area contributed by atoms with E-state index in [9.17, 15) is 19.4 Å². The quantitative estimate of drug-likeness (QED) is 0.0273. The normalized spacial score (nSPS) is 14.4. The Balaban J connectivity index is 4.33. The lowest BCUT2D eigenvalue weighted by Gasteiger charge is -2.29. The third-order valence-corrected chi connectivity index (χ3v) is 12.5. The highest BCUT2D eigenvalue weighted by molar-refractivity contribution is 7.45. The lowest BCUT2D eigenvalue weighted by Crippen LogP contribution is -2.45. The van der Waals surface area contributed by atoms with Gasteiger partial charge in [0.15, 0.2) is 0 Å². The van der Waals surface area contributed by atoms with Crippen LogP contribution in [0.1, 0.15) is 239 Å². The van der Waals surface area contributed by atoms with Crippen LogP contribution < -0.4 is 10.2 Å². The first-order valence-corrected chi connectivity index (χ1v) is 27.3. The van der Waals surface area contributed by atoms with Gasteiger partial charge in [-0.05, 0) is 44.9 Å². The van der Waals surface area contributed by atoms with Gasteiger partial charge in [0.05, 0.1) is 39.9 Å². The Morgan fingerprint density at radius 1 is 0.557 bits per heavy atom. The van der Waals surface area contributed by atoms with E-state index in [0.29, 0.717) is 17.4 Å². The minimum absolute atomic E-state index is 0.00768. The molecular weight excluding hydrogens is 780 g/mol. The predicted octanol–water partition coefficient (Wildman–Crippen LogP) is 14.4. The van der Waals surface area contributed by atoms with Gasteiger partial charge in [-0.2, -0.15) is 0 Å². The Labute approximate surface area is 378 Å². The number of carbonyl (C=O) groups excluding carboxylic acids is 1. The minimum atomic E-state index is -4.60. The predicted molar refractivity (Wildman–Crippen MR) is 261 cm³/mol. The second kappa shape index (κ2) is 43.9. The number of rotatable bonds is 47. The van der Waals surface area contributed by atoms with Crippen LogP contribution in [0.3, 0.4) is 0 Å². The summed E-state index contributed by atoms with van der Waals surface area (Å²) in [6, 6.07) is -0.906. The Kier molecular flexibility index (Phi) is 43.0. The Morgan fingerprint density at radius 2 is 0.918 bits per heavy atom. The Bertz CT molecular complexity index is 1090. The first kappa shape index (κ1) is 59.7. The van der Waals surface area contributed by atoms with Gasteiger partial charge in [-0.25, -0.2) is 0 Å². The fourth-order valence-electron chi connectivity index (χ4n) is 7.48. The van der Waals surface area contributed by atoms with Crippen LogP contribution in [0.25, 0.3) is 0 Å². The van der Waals surface area contributed by atoms with Gasteiger partial charge in [0, 0.05) is 6.42 Å². The third kappa shape index (κ3) is 46.5. The average molecular weight is 881 g/mol. The smallest absolute Gasteiger partial charge is 0.268 e. The lowest BCUT2D eigenvalue weighted by atomic mass is 10.0. The van der Waals surface area contributed by atoms with Gasteiger partial charge in [-0.15, -0.1) is 0 Å². The number of nitrogens with zero attached hydrogens (tertiary/aromatic N) is 1. The number of quaternary nitrogens is 1. The molecular formula is C52H101N2O6P. The second-order valence-electron chi connectivity index (χ2n) is 18.9. The zero-order valence-corrected chi connectivity index (χ0v) is 41.8. The molecule has 0 radical (unpaired) electrons. The SMILES string of the molecule is CCCCCCCCCCCCCCCCC/C=C/CC/C=C/CC/C=C/C(O)C(COP(=O)([O-])OCC[N+](C)(C)C)NC(=O)CCCCCCCCCCCCCCCC. The summed E-state index contributed by atoms with van der Waals surface area (Å²) < 4.78 is 23.2. The average Bonchev–Trinajstić information content (AvgIpc) is 3.21. The van der Waals surface area contributed by atoms with Crippen LogP contribution in [-0.4, -0.2) is 68.5 Å². The number of aliphatic hydroxyl groups is 1. The standard InChI is InChI=1S/C52H101N2O6P/c1-6-8-10-12-14-16-18-20-22-23-24-25-26-27-28-29-30-31-32-33-35-37-39-41-43-45-51(55)50(49-60-61(57,58)59-48-47-54(3,4)5)53-52(56)46-44-42-40-38-36-34-21-19-17-15-13-11-9-7-2/h30-31,35,37,43,45,50-51,55H,6-29,32-34,36,38-42,44,46-49H2,1-5H3,(H-,53,56,57,58)/b31-30+,37-35+,45-43+. The van der Waals surface area contributed by atoms with Crippen molar-refractivity contribution in [3.8, 4) is 0 Å². The van der Waals surface area contributed by atoms with Crippen LogP contribution in [0.4, 0.5) is 0 Å². The summed E-state index contributed by atoms with van der Waals surface area (Å²) in [6.45, 7) is 4.63. The number of hydrogen-bond donors (Lipinski definition) is 2. The van der Waals surface area contributed by atoms with E-state index in [1.165, 1.54) is 173 Å². The summed E-state index contributed by atoms with van der Waals surface area (Å²) in [5, 5.41) is 13.8. The highest BCUT2D eigenvalue weighted by atomic mass is 31.2. The van der Waals surface area contributed by atoms with E-state index in [1.54, 1.807) is 6.08 Å². The number of allylic oxidation sites excluding steroid dienone is 5. The maximum Gasteiger partial charge on any atom is 0.268 e. The molecule has 0 bridgehead atoms. The summed E-state index contributed by atoms with van der Waals surface area (Å²) >= 11 is 0. The highest BCUT2D eigenvalue weighted by Gasteiger charge is 2.23. The lowest BCUT2D eigenvalue weighted by molar-refractivity contribution is -0.870. The molecule has 0 aliphatic rings.